The number of non-ortho nitro benzene ring substituents is 1. The van der Waals surface area contributed by atoms with Crippen LogP contribution in [0.2, 0.25) is 0 Å². The van der Waals surface area contributed by atoms with E-state index in [0.29, 0.717) is 17.1 Å². The lowest BCUT2D eigenvalue weighted by Crippen LogP contribution is -2.28. The van der Waals surface area contributed by atoms with Gasteiger partial charge in [0, 0.05) is 24.7 Å². The summed E-state index contributed by atoms with van der Waals surface area (Å²) >= 11 is 0. The zero-order chi connectivity index (χ0) is 26.7. The van der Waals surface area contributed by atoms with Crippen LogP contribution in [0.1, 0.15) is 32.8 Å². The van der Waals surface area contributed by atoms with E-state index in [4.69, 9.17) is 9.47 Å². The van der Waals surface area contributed by atoms with Crippen LogP contribution in [-0.4, -0.2) is 30.4 Å². The van der Waals surface area contributed by atoms with E-state index in [9.17, 15) is 19.7 Å². The molecule has 0 aromatic heterocycles. The first kappa shape index (κ1) is 25.7. The predicted molar refractivity (Wildman–Crippen MR) is 140 cm³/mol. The van der Waals surface area contributed by atoms with Crippen LogP contribution in [0.25, 0.3) is 0 Å². The molecule has 1 heterocycles. The number of hydrogen-bond donors (Lipinski definition) is 1. The Labute approximate surface area is 215 Å². The third-order valence-corrected chi connectivity index (χ3v) is 6.24. The Bertz CT molecular complexity index is 1310. The molecule has 1 aliphatic rings. The second kappa shape index (κ2) is 10.3. The molecule has 0 bridgehead atoms. The van der Waals surface area contributed by atoms with Gasteiger partial charge in [0.2, 0.25) is 11.8 Å². The van der Waals surface area contributed by atoms with Gasteiger partial charge in [0.1, 0.15) is 17.2 Å². The Kier molecular flexibility index (Phi) is 7.15. The van der Waals surface area contributed by atoms with E-state index in [0.717, 1.165) is 5.75 Å². The van der Waals surface area contributed by atoms with Gasteiger partial charge in [-0.15, -0.1) is 0 Å². The maximum absolute atomic E-state index is 12.9. The number of carbonyl (C=O) groups excluding carboxylic acids is 2. The molecule has 1 fully saturated rings. The van der Waals surface area contributed by atoms with Crippen molar-refractivity contribution in [2.24, 2.45) is 5.92 Å². The summed E-state index contributed by atoms with van der Waals surface area (Å²) in [7, 11) is 1.38. The minimum atomic E-state index is -0.579. The number of amides is 2. The topological polar surface area (TPSA) is 111 Å². The summed E-state index contributed by atoms with van der Waals surface area (Å²) in [6.07, 6.45) is 0.0255. The quantitative estimate of drug-likeness (QED) is 0.328. The van der Waals surface area contributed by atoms with Gasteiger partial charge < -0.3 is 19.7 Å². The van der Waals surface area contributed by atoms with Crippen LogP contribution in [0.3, 0.4) is 0 Å². The number of rotatable bonds is 7. The van der Waals surface area contributed by atoms with E-state index in [2.05, 4.69) is 26.1 Å². The van der Waals surface area contributed by atoms with Gasteiger partial charge >= 0.3 is 0 Å². The van der Waals surface area contributed by atoms with Crippen LogP contribution >= 0.6 is 0 Å². The standard InChI is InChI=1S/C28H29N3O6/c1-28(2,3)19-5-10-22(11-6-19)37-23-12-7-20(8-13-23)29-27(33)18-15-26(32)30(17-18)24-14-9-21(31(34)35)16-25(24)36-4/h5-14,16,18H,15,17H2,1-4H3,(H,29,33)/t18-/m0/s1. The van der Waals surface area contributed by atoms with Gasteiger partial charge in [-0.05, 0) is 53.4 Å². The molecule has 1 aliphatic heterocycles. The molecule has 9 heteroatoms. The highest BCUT2D eigenvalue weighted by atomic mass is 16.6. The lowest BCUT2D eigenvalue weighted by molar-refractivity contribution is -0.384. The molecule has 0 unspecified atom stereocenters. The summed E-state index contributed by atoms with van der Waals surface area (Å²) in [4.78, 5) is 37.5. The normalized spacial score (nSPS) is 15.4. The second-order valence-electron chi connectivity index (χ2n) is 9.91. The van der Waals surface area contributed by atoms with Gasteiger partial charge in [0.25, 0.3) is 5.69 Å². The third-order valence-electron chi connectivity index (χ3n) is 6.24. The molecule has 1 saturated heterocycles. The number of methoxy groups -OCH3 is 1. The highest BCUT2D eigenvalue weighted by molar-refractivity contribution is 6.04. The van der Waals surface area contributed by atoms with Crippen molar-refractivity contribution in [1.82, 2.24) is 0 Å². The Hall–Kier alpha value is -4.40. The number of nitro benzene ring substituents is 1. The van der Waals surface area contributed by atoms with Crippen molar-refractivity contribution in [2.75, 3.05) is 23.9 Å². The maximum Gasteiger partial charge on any atom is 0.273 e. The number of benzene rings is 3. The average molecular weight is 504 g/mol. The van der Waals surface area contributed by atoms with Crippen molar-refractivity contribution in [1.29, 1.82) is 0 Å². The van der Waals surface area contributed by atoms with Gasteiger partial charge in [0.15, 0.2) is 0 Å². The zero-order valence-corrected chi connectivity index (χ0v) is 21.2. The molecule has 0 aliphatic carbocycles. The Morgan fingerprint density at radius 2 is 1.65 bits per heavy atom. The fourth-order valence-corrected chi connectivity index (χ4v) is 4.13. The first-order valence-electron chi connectivity index (χ1n) is 11.9. The Morgan fingerprint density at radius 3 is 2.22 bits per heavy atom. The van der Waals surface area contributed by atoms with Gasteiger partial charge in [0.05, 0.1) is 29.7 Å². The van der Waals surface area contributed by atoms with Gasteiger partial charge in [-0.25, -0.2) is 0 Å². The molecular formula is C28H29N3O6. The number of carbonyl (C=O) groups is 2. The third kappa shape index (κ3) is 5.88. The molecule has 0 radical (unpaired) electrons. The van der Waals surface area contributed by atoms with E-state index < -0.39 is 10.8 Å². The van der Waals surface area contributed by atoms with Crippen molar-refractivity contribution in [3.8, 4) is 17.2 Å². The van der Waals surface area contributed by atoms with E-state index in [-0.39, 0.29) is 41.6 Å². The van der Waals surface area contributed by atoms with Crippen LogP contribution in [-0.2, 0) is 15.0 Å². The Morgan fingerprint density at radius 1 is 1.03 bits per heavy atom. The van der Waals surface area contributed by atoms with Crippen LogP contribution in [0, 0.1) is 16.0 Å². The average Bonchev–Trinajstić information content (AvgIpc) is 3.26. The molecule has 0 spiro atoms. The number of hydrogen-bond acceptors (Lipinski definition) is 6. The summed E-state index contributed by atoms with van der Waals surface area (Å²) in [6.45, 7) is 6.61. The Balaban J connectivity index is 1.38. The van der Waals surface area contributed by atoms with Crippen LogP contribution in [0.4, 0.5) is 17.1 Å². The molecule has 37 heavy (non-hydrogen) atoms. The van der Waals surface area contributed by atoms with Gasteiger partial charge in [-0.3, -0.25) is 19.7 Å². The molecule has 4 rings (SSSR count). The van der Waals surface area contributed by atoms with E-state index >= 15 is 0 Å². The molecule has 1 N–H and O–H groups in total. The molecule has 1 atom stereocenters. The lowest BCUT2D eigenvalue weighted by atomic mass is 9.87. The fraction of sp³-hybridized carbons (Fsp3) is 0.286. The fourth-order valence-electron chi connectivity index (χ4n) is 4.13. The molecule has 3 aromatic carbocycles. The van der Waals surface area contributed by atoms with Crippen molar-refractivity contribution in [2.45, 2.75) is 32.6 Å². The largest absolute Gasteiger partial charge is 0.494 e. The molecule has 0 saturated carbocycles. The monoisotopic (exact) mass is 503 g/mol. The van der Waals surface area contributed by atoms with Crippen molar-refractivity contribution in [3.63, 3.8) is 0 Å². The van der Waals surface area contributed by atoms with Crippen LogP contribution < -0.4 is 19.7 Å². The molecule has 3 aromatic rings. The van der Waals surface area contributed by atoms with E-state index in [1.165, 1.54) is 35.8 Å². The van der Waals surface area contributed by atoms with Crippen molar-refractivity contribution >= 4 is 28.9 Å². The predicted octanol–water partition coefficient (Wildman–Crippen LogP) is 5.68. The van der Waals surface area contributed by atoms with Crippen LogP contribution in [0.15, 0.2) is 66.7 Å². The zero-order valence-electron chi connectivity index (χ0n) is 21.2. The van der Waals surface area contributed by atoms with E-state index in [1.54, 1.807) is 24.3 Å². The van der Waals surface area contributed by atoms with E-state index in [1.807, 2.05) is 24.3 Å². The first-order valence-corrected chi connectivity index (χ1v) is 11.9. The summed E-state index contributed by atoms with van der Waals surface area (Å²) in [5.74, 6) is 0.429. The summed E-state index contributed by atoms with van der Waals surface area (Å²) in [5.41, 5.74) is 2.11. The molecular weight excluding hydrogens is 474 g/mol. The minimum absolute atomic E-state index is 0.0255. The number of nitrogens with one attached hydrogen (secondary N) is 1. The summed E-state index contributed by atoms with van der Waals surface area (Å²) in [6, 6.07) is 19.0. The van der Waals surface area contributed by atoms with Crippen molar-refractivity contribution < 1.29 is 24.0 Å². The highest BCUT2D eigenvalue weighted by Gasteiger charge is 2.36. The SMILES string of the molecule is COc1cc([N+](=O)[O-])ccc1N1C[C@@H](C(=O)Nc2ccc(Oc3ccc(C(C)(C)C)cc3)cc2)CC1=O. The maximum atomic E-state index is 12.9. The first-order chi connectivity index (χ1) is 17.5. The van der Waals surface area contributed by atoms with Crippen LogP contribution in [0.5, 0.6) is 17.2 Å². The number of ether oxygens (including phenoxy) is 2. The van der Waals surface area contributed by atoms with Gasteiger partial charge in [-0.1, -0.05) is 32.9 Å². The molecule has 9 nitrogen and oxygen atoms in total. The summed E-state index contributed by atoms with van der Waals surface area (Å²) in [5, 5.41) is 13.9. The smallest absolute Gasteiger partial charge is 0.273 e. The van der Waals surface area contributed by atoms with Crippen molar-refractivity contribution in [3.05, 3.63) is 82.4 Å². The number of anilines is 2. The lowest BCUT2D eigenvalue weighted by Gasteiger charge is -2.19. The number of nitro groups is 1. The highest BCUT2D eigenvalue weighted by Crippen LogP contribution is 2.36. The second-order valence-corrected chi connectivity index (χ2v) is 9.91. The summed E-state index contributed by atoms with van der Waals surface area (Å²) < 4.78 is 11.2. The molecule has 2 amide bonds. The van der Waals surface area contributed by atoms with Gasteiger partial charge in [-0.2, -0.15) is 0 Å². The number of nitrogens with zero attached hydrogens (tertiary/aromatic N) is 2. The minimum Gasteiger partial charge on any atom is -0.494 e. The molecule has 192 valence electrons.